The Morgan fingerprint density at radius 2 is 1.48 bits per heavy atom. The Balaban J connectivity index is 5.85. The van der Waals surface area contributed by atoms with E-state index in [2.05, 4.69) is 13.6 Å². The van der Waals surface area contributed by atoms with Crippen molar-refractivity contribution in [3.8, 4) is 0 Å². The van der Waals surface area contributed by atoms with Gasteiger partial charge in [-0.2, -0.15) is 22.0 Å². The van der Waals surface area contributed by atoms with E-state index in [4.69, 9.17) is 0 Å². The summed E-state index contributed by atoms with van der Waals surface area (Å²) in [4.78, 5) is 0. The van der Waals surface area contributed by atoms with Crippen molar-refractivity contribution in [2.45, 2.75) is 46.2 Å². The standard InChI is InChI=1S/C12H19F6O4P/c1-5-20-23(19,21-6-2)22-9(7-8(3)4)10(13)11(14,15)12(16,17)18/h8H,5-7H2,1-4H3/b10-9+. The van der Waals surface area contributed by atoms with Gasteiger partial charge < -0.3 is 4.52 Å². The molecule has 0 saturated heterocycles. The van der Waals surface area contributed by atoms with Crippen molar-refractivity contribution in [1.29, 1.82) is 0 Å². The van der Waals surface area contributed by atoms with E-state index in [1.807, 2.05) is 0 Å². The van der Waals surface area contributed by atoms with Gasteiger partial charge in [-0.1, -0.05) is 13.8 Å². The van der Waals surface area contributed by atoms with Gasteiger partial charge in [0.25, 0.3) is 0 Å². The lowest BCUT2D eigenvalue weighted by Gasteiger charge is -2.24. The lowest BCUT2D eigenvalue weighted by molar-refractivity contribution is -0.271. The molecule has 4 nitrogen and oxygen atoms in total. The second-order valence-corrected chi connectivity index (χ2v) is 6.37. The SMILES string of the molecule is CCOP(=O)(OCC)O/C(CC(C)C)=C(/F)C(F)(F)C(F)(F)F. The average molecular weight is 372 g/mol. The van der Waals surface area contributed by atoms with Crippen LogP contribution in [0.3, 0.4) is 0 Å². The van der Waals surface area contributed by atoms with E-state index in [1.54, 1.807) is 0 Å². The van der Waals surface area contributed by atoms with Gasteiger partial charge in [0.05, 0.1) is 13.2 Å². The molecule has 0 N–H and O–H groups in total. The zero-order valence-electron chi connectivity index (χ0n) is 13.0. The second kappa shape index (κ2) is 8.39. The normalized spacial score (nSPS) is 14.9. The molecule has 0 aliphatic heterocycles. The quantitative estimate of drug-likeness (QED) is 0.300. The van der Waals surface area contributed by atoms with Gasteiger partial charge in [0.2, 0.25) is 5.83 Å². The van der Waals surface area contributed by atoms with E-state index in [0.717, 1.165) is 0 Å². The van der Waals surface area contributed by atoms with Crippen LogP contribution < -0.4 is 0 Å². The van der Waals surface area contributed by atoms with Crippen molar-refractivity contribution >= 4 is 7.82 Å². The minimum absolute atomic E-state index is 0.247. The Bertz CT molecular complexity index is 451. The topological polar surface area (TPSA) is 44.8 Å². The molecule has 0 atom stereocenters. The molecule has 0 aromatic rings. The van der Waals surface area contributed by atoms with Crippen molar-refractivity contribution < 1.29 is 44.5 Å². The third-order valence-electron chi connectivity index (χ3n) is 2.27. The Hall–Kier alpha value is -0.730. The van der Waals surface area contributed by atoms with E-state index in [9.17, 15) is 30.9 Å². The number of halogens is 6. The summed E-state index contributed by atoms with van der Waals surface area (Å²) in [7, 11) is -4.51. The molecule has 0 aliphatic rings. The molecule has 138 valence electrons. The molecule has 0 rings (SSSR count). The number of phosphoric acid groups is 1. The predicted octanol–water partition coefficient (Wildman–Crippen LogP) is 5.61. The van der Waals surface area contributed by atoms with Crippen LogP contribution in [-0.2, 0) is 18.1 Å². The smallest absolute Gasteiger partial charge is 0.406 e. The average Bonchev–Trinajstić information content (AvgIpc) is 2.35. The second-order valence-electron chi connectivity index (χ2n) is 4.78. The minimum atomic E-state index is -6.16. The first-order valence-corrected chi connectivity index (χ1v) is 8.19. The molecule has 0 radical (unpaired) electrons. The molecule has 11 heteroatoms. The van der Waals surface area contributed by atoms with Gasteiger partial charge in [0, 0.05) is 6.42 Å². The molecule has 0 fully saturated rings. The van der Waals surface area contributed by atoms with Crippen molar-refractivity contribution in [2.24, 2.45) is 5.92 Å². The largest absolute Gasteiger partial charge is 0.529 e. The number of phosphoric ester groups is 1. The molecular weight excluding hydrogens is 353 g/mol. The highest BCUT2D eigenvalue weighted by Crippen LogP contribution is 2.54. The van der Waals surface area contributed by atoms with E-state index in [-0.39, 0.29) is 13.2 Å². The first kappa shape index (κ1) is 22.3. The molecule has 0 aromatic heterocycles. The fraction of sp³-hybridized carbons (Fsp3) is 0.833. The Morgan fingerprint density at radius 1 is 1.04 bits per heavy atom. The molecule has 0 unspecified atom stereocenters. The van der Waals surface area contributed by atoms with Gasteiger partial charge in [-0.05, 0) is 19.8 Å². The zero-order valence-corrected chi connectivity index (χ0v) is 13.9. The van der Waals surface area contributed by atoms with Crippen LogP contribution in [0, 0.1) is 5.92 Å². The molecular formula is C12H19F6O4P. The summed E-state index contributed by atoms with van der Waals surface area (Å²) in [6.45, 7) is 5.08. The summed E-state index contributed by atoms with van der Waals surface area (Å²) in [6, 6.07) is 0. The molecule has 0 bridgehead atoms. The Kier molecular flexibility index (Phi) is 8.13. The molecule has 0 amide bonds. The van der Waals surface area contributed by atoms with Crippen LogP contribution in [0.4, 0.5) is 26.3 Å². The fourth-order valence-corrected chi connectivity index (χ4v) is 2.62. The first-order valence-electron chi connectivity index (χ1n) is 6.73. The molecule has 0 spiro atoms. The van der Waals surface area contributed by atoms with Crippen molar-refractivity contribution in [2.75, 3.05) is 13.2 Å². The van der Waals surface area contributed by atoms with Gasteiger partial charge in [0.1, 0.15) is 5.76 Å². The number of hydrogen-bond acceptors (Lipinski definition) is 4. The number of hydrogen-bond donors (Lipinski definition) is 0. The van der Waals surface area contributed by atoms with Gasteiger partial charge in [-0.25, -0.2) is 8.96 Å². The summed E-state index contributed by atoms with van der Waals surface area (Å²) >= 11 is 0. The van der Waals surface area contributed by atoms with Crippen LogP contribution in [0.2, 0.25) is 0 Å². The Labute approximate surface area is 130 Å². The summed E-state index contributed by atoms with van der Waals surface area (Å²) in [5, 5.41) is 0. The maximum absolute atomic E-state index is 13.8. The molecule has 0 aromatic carbocycles. The van der Waals surface area contributed by atoms with E-state index in [1.165, 1.54) is 27.7 Å². The van der Waals surface area contributed by atoms with Crippen LogP contribution >= 0.6 is 7.82 Å². The zero-order chi connectivity index (χ0) is 18.5. The molecule has 23 heavy (non-hydrogen) atoms. The summed E-state index contributed by atoms with van der Waals surface area (Å²) < 4.78 is 103. The van der Waals surface area contributed by atoms with Gasteiger partial charge >= 0.3 is 19.9 Å². The van der Waals surface area contributed by atoms with Crippen molar-refractivity contribution in [3.05, 3.63) is 11.6 Å². The van der Waals surface area contributed by atoms with Crippen molar-refractivity contribution in [3.63, 3.8) is 0 Å². The van der Waals surface area contributed by atoms with Crippen LogP contribution in [0.25, 0.3) is 0 Å². The van der Waals surface area contributed by atoms with E-state index in [0.29, 0.717) is 0 Å². The predicted molar refractivity (Wildman–Crippen MR) is 70.5 cm³/mol. The van der Waals surface area contributed by atoms with Gasteiger partial charge in [-0.15, -0.1) is 0 Å². The fourth-order valence-electron chi connectivity index (χ4n) is 1.38. The molecule has 0 saturated carbocycles. The number of rotatable bonds is 9. The summed E-state index contributed by atoms with van der Waals surface area (Å²) in [5.74, 6) is -10.6. The maximum atomic E-state index is 13.8. The van der Waals surface area contributed by atoms with E-state index >= 15 is 0 Å². The summed E-state index contributed by atoms with van der Waals surface area (Å²) in [6.07, 6.45) is -6.81. The highest BCUT2D eigenvalue weighted by atomic mass is 31.2. The third-order valence-corrected chi connectivity index (χ3v) is 3.86. The molecule has 0 aliphatic carbocycles. The first-order chi connectivity index (χ1) is 10.3. The lowest BCUT2D eigenvalue weighted by atomic mass is 10.1. The van der Waals surface area contributed by atoms with Crippen LogP contribution in [0.5, 0.6) is 0 Å². The maximum Gasteiger partial charge on any atom is 0.529 e. The minimum Gasteiger partial charge on any atom is -0.406 e. The van der Waals surface area contributed by atoms with Crippen LogP contribution in [-0.4, -0.2) is 25.3 Å². The van der Waals surface area contributed by atoms with Crippen molar-refractivity contribution in [1.82, 2.24) is 0 Å². The lowest BCUT2D eigenvalue weighted by Crippen LogP contribution is -2.38. The monoisotopic (exact) mass is 372 g/mol. The highest BCUT2D eigenvalue weighted by Gasteiger charge is 2.62. The number of allylic oxidation sites excluding steroid dienone is 2. The summed E-state index contributed by atoms with van der Waals surface area (Å²) in [5.41, 5.74) is 0. The van der Waals surface area contributed by atoms with Gasteiger partial charge in [0.15, 0.2) is 0 Å². The van der Waals surface area contributed by atoms with E-state index < -0.39 is 43.8 Å². The molecule has 0 heterocycles. The highest BCUT2D eigenvalue weighted by molar-refractivity contribution is 7.48. The Morgan fingerprint density at radius 3 is 1.78 bits per heavy atom. The van der Waals surface area contributed by atoms with Crippen LogP contribution in [0.15, 0.2) is 11.6 Å². The third kappa shape index (κ3) is 6.35. The number of alkyl halides is 5. The van der Waals surface area contributed by atoms with Crippen LogP contribution in [0.1, 0.15) is 34.1 Å². The van der Waals surface area contributed by atoms with Gasteiger partial charge in [-0.3, -0.25) is 9.05 Å².